The van der Waals surface area contributed by atoms with Crippen LogP contribution in [-0.4, -0.2) is 54.0 Å². The first-order valence-corrected chi connectivity index (χ1v) is 8.66. The molecule has 0 spiro atoms. The Hall–Kier alpha value is -1.25. The molecule has 7 nitrogen and oxygen atoms in total. The van der Waals surface area contributed by atoms with Gasteiger partial charge in [-0.15, -0.1) is 0 Å². The quantitative estimate of drug-likeness (QED) is 0.807. The highest BCUT2D eigenvalue weighted by Crippen LogP contribution is 2.27. The predicted molar refractivity (Wildman–Crippen MR) is 79.4 cm³/mol. The molecule has 21 heavy (non-hydrogen) atoms. The van der Waals surface area contributed by atoms with Gasteiger partial charge in [-0.1, -0.05) is 19.3 Å². The van der Waals surface area contributed by atoms with Crippen LogP contribution in [0.15, 0.2) is 17.3 Å². The second kappa shape index (κ2) is 7.15. The van der Waals surface area contributed by atoms with Crippen molar-refractivity contribution in [1.29, 1.82) is 0 Å². The Morgan fingerprint density at radius 3 is 2.43 bits per heavy atom. The molecular weight excluding hydrogens is 292 g/mol. The van der Waals surface area contributed by atoms with Gasteiger partial charge < -0.3 is 10.4 Å². The first kappa shape index (κ1) is 16.1. The van der Waals surface area contributed by atoms with E-state index in [1.165, 1.54) is 16.7 Å². The minimum absolute atomic E-state index is 0.0418. The summed E-state index contributed by atoms with van der Waals surface area (Å²) in [7, 11) is -2.00. The fraction of sp³-hybridized carbons (Fsp3) is 0.692. The molecule has 0 bridgehead atoms. The molecule has 0 unspecified atom stereocenters. The molecule has 1 aromatic heterocycles. The Morgan fingerprint density at radius 2 is 1.90 bits per heavy atom. The summed E-state index contributed by atoms with van der Waals surface area (Å²) in [5.41, 5.74) is 0. The summed E-state index contributed by atoms with van der Waals surface area (Å²) in [5, 5.41) is 12.0. The van der Waals surface area contributed by atoms with Gasteiger partial charge in [0.2, 0.25) is 16.0 Å². The molecule has 118 valence electrons. The number of anilines is 1. The summed E-state index contributed by atoms with van der Waals surface area (Å²) in [4.78, 5) is 7.99. The first-order valence-electron chi connectivity index (χ1n) is 7.22. The lowest BCUT2D eigenvalue weighted by atomic mass is 9.95. The maximum Gasteiger partial charge on any atom is 0.246 e. The molecule has 0 amide bonds. The summed E-state index contributed by atoms with van der Waals surface area (Å²) >= 11 is 0. The lowest BCUT2D eigenvalue weighted by molar-refractivity contribution is 0.199. The first-order chi connectivity index (χ1) is 10.1. The lowest BCUT2D eigenvalue weighted by Gasteiger charge is -2.32. The zero-order valence-electron chi connectivity index (χ0n) is 12.2. The smallest absolute Gasteiger partial charge is 0.246 e. The van der Waals surface area contributed by atoms with Crippen LogP contribution in [0.4, 0.5) is 5.95 Å². The topological polar surface area (TPSA) is 95.4 Å². The minimum Gasteiger partial charge on any atom is -0.395 e. The van der Waals surface area contributed by atoms with Gasteiger partial charge in [0.1, 0.15) is 4.90 Å². The molecule has 1 heterocycles. The van der Waals surface area contributed by atoms with Crippen molar-refractivity contribution in [3.63, 3.8) is 0 Å². The number of aromatic nitrogens is 2. The third-order valence-electron chi connectivity index (χ3n) is 3.76. The largest absolute Gasteiger partial charge is 0.395 e. The Labute approximate surface area is 125 Å². The van der Waals surface area contributed by atoms with Gasteiger partial charge in [-0.05, 0) is 12.8 Å². The zero-order chi connectivity index (χ0) is 15.3. The van der Waals surface area contributed by atoms with Crippen molar-refractivity contribution in [1.82, 2.24) is 14.3 Å². The molecule has 1 aliphatic rings. The molecule has 1 aliphatic carbocycles. The van der Waals surface area contributed by atoms with Gasteiger partial charge >= 0.3 is 0 Å². The number of aliphatic hydroxyl groups excluding tert-OH is 1. The molecule has 1 fully saturated rings. The highest BCUT2D eigenvalue weighted by Gasteiger charge is 2.32. The van der Waals surface area contributed by atoms with Gasteiger partial charge in [-0.3, -0.25) is 0 Å². The van der Waals surface area contributed by atoms with Gasteiger partial charge in [0, 0.05) is 19.6 Å². The van der Waals surface area contributed by atoms with E-state index in [0.29, 0.717) is 5.95 Å². The van der Waals surface area contributed by atoms with Crippen LogP contribution in [0.5, 0.6) is 0 Å². The molecule has 0 radical (unpaired) electrons. The molecule has 0 aliphatic heterocycles. The normalized spacial score (nSPS) is 17.1. The Morgan fingerprint density at radius 1 is 1.29 bits per heavy atom. The van der Waals surface area contributed by atoms with E-state index in [2.05, 4.69) is 15.3 Å². The Bertz CT molecular complexity index is 541. The monoisotopic (exact) mass is 314 g/mol. The number of nitrogens with one attached hydrogen (secondary N) is 1. The van der Waals surface area contributed by atoms with Crippen molar-refractivity contribution >= 4 is 16.0 Å². The van der Waals surface area contributed by atoms with Crippen molar-refractivity contribution in [2.24, 2.45) is 0 Å². The molecule has 1 aromatic rings. The highest BCUT2D eigenvalue weighted by atomic mass is 32.2. The standard InChI is InChI=1S/C13H22N4O3S/c1-14-13-15-9-12(10-16-13)21(19,20)17(7-8-18)11-5-3-2-4-6-11/h9-11,18H,2-8H2,1H3,(H,14,15,16). The van der Waals surface area contributed by atoms with Crippen molar-refractivity contribution in [3.8, 4) is 0 Å². The van der Waals surface area contributed by atoms with Crippen LogP contribution in [0, 0.1) is 0 Å². The minimum atomic E-state index is -3.67. The Balaban J connectivity index is 2.27. The molecule has 1 saturated carbocycles. The third kappa shape index (κ3) is 3.69. The van der Waals surface area contributed by atoms with E-state index in [0.717, 1.165) is 32.1 Å². The summed E-state index contributed by atoms with van der Waals surface area (Å²) in [5.74, 6) is 0.375. The fourth-order valence-corrected chi connectivity index (χ4v) is 4.25. The summed E-state index contributed by atoms with van der Waals surface area (Å²) in [6.45, 7) is -0.0774. The van der Waals surface area contributed by atoms with Crippen molar-refractivity contribution in [2.45, 2.75) is 43.0 Å². The zero-order valence-corrected chi connectivity index (χ0v) is 13.0. The molecule has 0 atom stereocenters. The second-order valence-electron chi connectivity index (χ2n) is 5.12. The predicted octanol–water partition coefficient (Wildman–Crippen LogP) is 0.834. The van der Waals surface area contributed by atoms with E-state index < -0.39 is 10.0 Å². The van der Waals surface area contributed by atoms with E-state index in [4.69, 9.17) is 0 Å². The van der Waals surface area contributed by atoms with Crippen LogP contribution in [0.2, 0.25) is 0 Å². The van der Waals surface area contributed by atoms with Gasteiger partial charge in [-0.2, -0.15) is 4.31 Å². The average molecular weight is 314 g/mol. The van der Waals surface area contributed by atoms with Gasteiger partial charge in [0.05, 0.1) is 19.0 Å². The van der Waals surface area contributed by atoms with Gasteiger partial charge in [0.15, 0.2) is 0 Å². The number of hydrogen-bond acceptors (Lipinski definition) is 6. The number of rotatable bonds is 6. The van der Waals surface area contributed by atoms with E-state index >= 15 is 0 Å². The van der Waals surface area contributed by atoms with Crippen LogP contribution in [0.25, 0.3) is 0 Å². The number of nitrogens with zero attached hydrogens (tertiary/aromatic N) is 3. The van der Waals surface area contributed by atoms with Crippen molar-refractivity contribution in [3.05, 3.63) is 12.4 Å². The van der Waals surface area contributed by atoms with Gasteiger partial charge in [0.25, 0.3) is 0 Å². The average Bonchev–Trinajstić information content (AvgIpc) is 2.53. The van der Waals surface area contributed by atoms with Crippen molar-refractivity contribution in [2.75, 3.05) is 25.5 Å². The number of hydrogen-bond donors (Lipinski definition) is 2. The van der Waals surface area contributed by atoms with Crippen molar-refractivity contribution < 1.29 is 13.5 Å². The molecular formula is C13H22N4O3S. The highest BCUT2D eigenvalue weighted by molar-refractivity contribution is 7.89. The maximum absolute atomic E-state index is 12.7. The lowest BCUT2D eigenvalue weighted by Crippen LogP contribution is -2.43. The molecule has 2 N–H and O–H groups in total. The van der Waals surface area contributed by atoms with E-state index in [1.807, 2.05) is 0 Å². The van der Waals surface area contributed by atoms with Gasteiger partial charge in [-0.25, -0.2) is 18.4 Å². The summed E-state index contributed by atoms with van der Waals surface area (Å²) < 4.78 is 26.9. The van der Waals surface area contributed by atoms with E-state index in [9.17, 15) is 13.5 Å². The van der Waals surface area contributed by atoms with E-state index in [-0.39, 0.29) is 24.1 Å². The number of sulfonamides is 1. The van der Waals surface area contributed by atoms with Crippen LogP contribution < -0.4 is 5.32 Å². The fourth-order valence-electron chi connectivity index (χ4n) is 2.68. The summed E-state index contributed by atoms with van der Waals surface area (Å²) in [6, 6.07) is -0.0418. The second-order valence-corrected chi connectivity index (χ2v) is 7.01. The van der Waals surface area contributed by atoms with Crippen LogP contribution in [-0.2, 0) is 10.0 Å². The summed E-state index contributed by atoms with van der Waals surface area (Å²) in [6.07, 6.45) is 7.49. The molecule has 0 aromatic carbocycles. The molecule has 2 rings (SSSR count). The molecule has 0 saturated heterocycles. The molecule has 8 heteroatoms. The van der Waals surface area contributed by atoms with Crippen LogP contribution in [0.3, 0.4) is 0 Å². The van der Waals surface area contributed by atoms with Crippen LogP contribution in [0.1, 0.15) is 32.1 Å². The SMILES string of the molecule is CNc1ncc(S(=O)(=O)N(CCO)C2CCCCC2)cn1. The van der Waals surface area contributed by atoms with E-state index in [1.54, 1.807) is 7.05 Å². The number of aliphatic hydroxyl groups is 1. The van der Waals surface area contributed by atoms with Crippen LogP contribution >= 0.6 is 0 Å². The maximum atomic E-state index is 12.7. The third-order valence-corrected chi connectivity index (χ3v) is 5.67. The Kier molecular flexibility index (Phi) is 5.49.